The molecule has 0 radical (unpaired) electrons. The molecule has 0 aromatic heterocycles. The van der Waals surface area contributed by atoms with Crippen LogP contribution in [-0.4, -0.2) is 24.7 Å². The molecule has 1 heterocycles. The Balaban J connectivity index is 1.84. The Morgan fingerprint density at radius 2 is 1.56 bits per heavy atom. The van der Waals surface area contributed by atoms with Crippen LogP contribution in [0.25, 0.3) is 0 Å². The number of benzodiazepines with no additional fused rings is 1. The van der Waals surface area contributed by atoms with Crippen LogP contribution in [0.15, 0.2) is 65.7 Å². The Kier molecular flexibility index (Phi) is 6.43. The minimum atomic E-state index is -0.594. The van der Waals surface area contributed by atoms with Gasteiger partial charge < -0.3 is 4.90 Å². The van der Waals surface area contributed by atoms with E-state index < -0.39 is 6.04 Å². The average Bonchev–Trinajstić information content (AvgIpc) is 2.89. The van der Waals surface area contributed by atoms with Crippen molar-refractivity contribution in [3.05, 3.63) is 99.3 Å². The van der Waals surface area contributed by atoms with E-state index in [0.717, 1.165) is 35.2 Å². The fourth-order valence-electron chi connectivity index (χ4n) is 4.17. The van der Waals surface area contributed by atoms with Crippen LogP contribution >= 0.6 is 11.6 Å². The van der Waals surface area contributed by atoms with Crippen molar-refractivity contribution in [3.8, 4) is 0 Å². The summed E-state index contributed by atoms with van der Waals surface area (Å²) in [5, 5.41) is 0.557. The number of carbonyl (C=O) groups excluding carboxylic acids is 1. The highest BCUT2D eigenvalue weighted by Crippen LogP contribution is 2.31. The SMILES string of the molecule is CCc1cc(CC)cc(CC2N=C(c3ccc(F)cc3)c3cc(Cl)ccc3N(C)C2=O)c1. The molecule has 3 aromatic carbocycles. The molecule has 0 spiro atoms. The van der Waals surface area contributed by atoms with Crippen LogP contribution in [0.5, 0.6) is 0 Å². The monoisotopic (exact) mass is 448 g/mol. The quantitative estimate of drug-likeness (QED) is 0.469. The maximum absolute atomic E-state index is 13.6. The molecular weight excluding hydrogens is 423 g/mol. The van der Waals surface area contributed by atoms with Crippen LogP contribution in [0.2, 0.25) is 5.02 Å². The van der Waals surface area contributed by atoms with Gasteiger partial charge in [-0.1, -0.05) is 43.6 Å². The fourth-order valence-corrected chi connectivity index (χ4v) is 4.34. The van der Waals surface area contributed by atoms with Gasteiger partial charge in [0.25, 0.3) is 5.91 Å². The number of anilines is 1. The molecule has 0 bridgehead atoms. The predicted octanol–water partition coefficient (Wildman–Crippen LogP) is 6.03. The third-order valence-corrected chi connectivity index (χ3v) is 6.19. The molecule has 164 valence electrons. The second-order valence-corrected chi connectivity index (χ2v) is 8.56. The van der Waals surface area contributed by atoms with Crippen molar-refractivity contribution < 1.29 is 9.18 Å². The van der Waals surface area contributed by atoms with E-state index in [4.69, 9.17) is 16.6 Å². The van der Waals surface area contributed by atoms with Crippen LogP contribution < -0.4 is 4.90 Å². The average molecular weight is 449 g/mol. The number of halogens is 2. The molecule has 0 fully saturated rings. The van der Waals surface area contributed by atoms with Gasteiger partial charge in [0, 0.05) is 29.6 Å². The topological polar surface area (TPSA) is 32.7 Å². The van der Waals surface area contributed by atoms with Gasteiger partial charge in [-0.15, -0.1) is 0 Å². The van der Waals surface area contributed by atoms with E-state index in [1.54, 1.807) is 30.1 Å². The van der Waals surface area contributed by atoms with Crippen molar-refractivity contribution in [1.29, 1.82) is 0 Å². The molecule has 0 saturated heterocycles. The predicted molar refractivity (Wildman–Crippen MR) is 130 cm³/mol. The fraction of sp³-hybridized carbons (Fsp3) is 0.259. The first-order valence-corrected chi connectivity index (χ1v) is 11.3. The van der Waals surface area contributed by atoms with Crippen molar-refractivity contribution in [3.63, 3.8) is 0 Å². The van der Waals surface area contributed by atoms with Crippen molar-refractivity contribution >= 4 is 28.9 Å². The minimum absolute atomic E-state index is 0.0781. The molecule has 1 aliphatic rings. The number of likely N-dealkylation sites (N-methyl/N-ethyl adjacent to an activating group) is 1. The van der Waals surface area contributed by atoms with Crippen LogP contribution in [-0.2, 0) is 24.1 Å². The van der Waals surface area contributed by atoms with Gasteiger partial charge in [0.1, 0.15) is 11.9 Å². The lowest BCUT2D eigenvalue weighted by Gasteiger charge is -2.21. The zero-order valence-electron chi connectivity index (χ0n) is 18.5. The lowest BCUT2D eigenvalue weighted by atomic mass is 9.97. The van der Waals surface area contributed by atoms with Gasteiger partial charge in [0.2, 0.25) is 0 Å². The van der Waals surface area contributed by atoms with Crippen LogP contribution in [0.1, 0.15) is 41.7 Å². The molecule has 0 N–H and O–H groups in total. The van der Waals surface area contributed by atoms with Crippen LogP contribution in [0, 0.1) is 5.82 Å². The van der Waals surface area contributed by atoms with Crippen LogP contribution in [0.3, 0.4) is 0 Å². The maximum Gasteiger partial charge on any atom is 0.251 e. The number of nitrogens with zero attached hydrogens (tertiary/aromatic N) is 2. The first kappa shape index (κ1) is 22.2. The third kappa shape index (κ3) is 4.46. The number of hydrogen-bond acceptors (Lipinski definition) is 2. The summed E-state index contributed by atoms with van der Waals surface area (Å²) in [6.07, 6.45) is 2.37. The van der Waals surface area contributed by atoms with E-state index in [0.29, 0.717) is 17.2 Å². The highest BCUT2D eigenvalue weighted by atomic mass is 35.5. The summed E-state index contributed by atoms with van der Waals surface area (Å²) in [7, 11) is 1.77. The number of carbonyl (C=O) groups is 1. The summed E-state index contributed by atoms with van der Waals surface area (Å²) in [5.41, 5.74) is 6.50. The zero-order valence-corrected chi connectivity index (χ0v) is 19.3. The van der Waals surface area contributed by atoms with E-state index in [-0.39, 0.29) is 11.7 Å². The van der Waals surface area contributed by atoms with Crippen LogP contribution in [0.4, 0.5) is 10.1 Å². The molecule has 3 aromatic rings. The van der Waals surface area contributed by atoms with Gasteiger partial charge in [-0.25, -0.2) is 4.39 Å². The summed E-state index contributed by atoms with van der Waals surface area (Å²) in [4.78, 5) is 20.1. The van der Waals surface area contributed by atoms with E-state index >= 15 is 0 Å². The molecule has 1 aliphatic heterocycles. The Morgan fingerprint density at radius 3 is 2.19 bits per heavy atom. The number of hydrogen-bond donors (Lipinski definition) is 0. The van der Waals surface area contributed by atoms with Crippen molar-refractivity contribution in [2.75, 3.05) is 11.9 Å². The standard InChI is InChI=1S/C27H26ClFN2O/c1-4-17-12-18(5-2)14-19(13-17)15-24-27(32)31(3)25-11-8-21(28)16-23(25)26(30-24)20-6-9-22(29)10-7-20/h6-14,16,24H,4-5,15H2,1-3H3. The largest absolute Gasteiger partial charge is 0.313 e. The first-order valence-electron chi connectivity index (χ1n) is 10.9. The highest BCUT2D eigenvalue weighted by Gasteiger charge is 2.30. The van der Waals surface area contributed by atoms with Gasteiger partial charge in [-0.05, 0) is 72.0 Å². The minimum Gasteiger partial charge on any atom is -0.313 e. The molecule has 0 saturated carbocycles. The normalized spacial score (nSPS) is 15.9. The molecule has 3 nitrogen and oxygen atoms in total. The third-order valence-electron chi connectivity index (χ3n) is 5.95. The van der Waals surface area contributed by atoms with Gasteiger partial charge in [0.15, 0.2) is 0 Å². The summed E-state index contributed by atoms with van der Waals surface area (Å²) in [5.74, 6) is -0.395. The number of aryl methyl sites for hydroxylation is 2. The summed E-state index contributed by atoms with van der Waals surface area (Å²) < 4.78 is 13.6. The van der Waals surface area contributed by atoms with Crippen molar-refractivity contribution in [1.82, 2.24) is 0 Å². The molecular formula is C27H26ClFN2O. The van der Waals surface area contributed by atoms with Crippen molar-refractivity contribution in [2.45, 2.75) is 39.2 Å². The summed E-state index contributed by atoms with van der Waals surface area (Å²) >= 11 is 6.31. The maximum atomic E-state index is 13.6. The second kappa shape index (κ2) is 9.25. The lowest BCUT2D eigenvalue weighted by Crippen LogP contribution is -2.36. The Labute approximate surface area is 193 Å². The second-order valence-electron chi connectivity index (χ2n) is 8.13. The number of benzene rings is 3. The van der Waals surface area contributed by atoms with Gasteiger partial charge in [0.05, 0.1) is 11.4 Å². The molecule has 4 rings (SSSR count). The van der Waals surface area contributed by atoms with Gasteiger partial charge >= 0.3 is 0 Å². The number of fused-ring (bicyclic) bond motifs is 1. The zero-order chi connectivity index (χ0) is 22.8. The van der Waals surface area contributed by atoms with Gasteiger partial charge in [-0.2, -0.15) is 0 Å². The highest BCUT2D eigenvalue weighted by molar-refractivity contribution is 6.32. The first-order chi connectivity index (χ1) is 15.4. The number of amides is 1. The van der Waals surface area contributed by atoms with E-state index in [2.05, 4.69) is 32.0 Å². The van der Waals surface area contributed by atoms with E-state index in [1.165, 1.54) is 23.3 Å². The summed E-state index contributed by atoms with van der Waals surface area (Å²) in [6, 6.07) is 17.6. The Bertz CT molecular complexity index is 1160. The summed E-state index contributed by atoms with van der Waals surface area (Å²) in [6.45, 7) is 4.27. The Hall–Kier alpha value is -2.98. The smallest absolute Gasteiger partial charge is 0.251 e. The van der Waals surface area contributed by atoms with E-state index in [1.807, 2.05) is 12.1 Å². The number of aliphatic imine (C=N–C) groups is 1. The lowest BCUT2D eigenvalue weighted by molar-refractivity contribution is -0.119. The Morgan fingerprint density at radius 1 is 0.938 bits per heavy atom. The van der Waals surface area contributed by atoms with Crippen molar-refractivity contribution in [2.24, 2.45) is 4.99 Å². The van der Waals surface area contributed by atoms with Gasteiger partial charge in [-0.3, -0.25) is 9.79 Å². The molecule has 0 aliphatic carbocycles. The molecule has 5 heteroatoms. The molecule has 32 heavy (non-hydrogen) atoms. The molecule has 1 amide bonds. The number of rotatable bonds is 5. The molecule has 1 unspecified atom stereocenters. The van der Waals surface area contributed by atoms with E-state index in [9.17, 15) is 9.18 Å². The molecule has 1 atom stereocenters.